The van der Waals surface area contributed by atoms with Gasteiger partial charge in [-0.05, 0) is 30.5 Å². The van der Waals surface area contributed by atoms with Crippen LogP contribution in [-0.2, 0) is 16.0 Å². The van der Waals surface area contributed by atoms with E-state index in [1.807, 2.05) is 0 Å². The minimum Gasteiger partial charge on any atom is -0.481 e. The van der Waals surface area contributed by atoms with Gasteiger partial charge in [-0.15, -0.1) is 0 Å². The highest BCUT2D eigenvalue weighted by molar-refractivity contribution is 5.96. The molecule has 0 fully saturated rings. The number of amides is 1. The molecule has 0 aliphatic rings. The van der Waals surface area contributed by atoms with Gasteiger partial charge in [0, 0.05) is 6.54 Å². The fourth-order valence-corrected chi connectivity index (χ4v) is 1.62. The van der Waals surface area contributed by atoms with Crippen LogP contribution in [0.25, 0.3) is 0 Å². The van der Waals surface area contributed by atoms with Crippen LogP contribution in [0.3, 0.4) is 0 Å². The average molecular weight is 253 g/mol. The number of hydrogen-bond acceptors (Lipinski definition) is 2. The first-order valence-corrected chi connectivity index (χ1v) is 5.79. The summed E-state index contributed by atoms with van der Waals surface area (Å²) in [6, 6.07) is 6.09. The molecule has 4 nitrogen and oxygen atoms in total. The molecule has 1 atom stereocenters. The SMILES string of the molecule is CCC(C(=O)O)C(=O)NCCc1cccc(F)c1. The number of carbonyl (C=O) groups excluding carboxylic acids is 1. The van der Waals surface area contributed by atoms with Crippen LogP contribution in [0, 0.1) is 11.7 Å². The smallest absolute Gasteiger partial charge is 0.316 e. The van der Waals surface area contributed by atoms with Crippen molar-refractivity contribution in [2.24, 2.45) is 5.92 Å². The number of carbonyl (C=O) groups is 2. The number of aliphatic carboxylic acids is 1. The largest absolute Gasteiger partial charge is 0.481 e. The van der Waals surface area contributed by atoms with Gasteiger partial charge in [0.15, 0.2) is 0 Å². The highest BCUT2D eigenvalue weighted by Crippen LogP contribution is 2.05. The molecule has 0 radical (unpaired) electrons. The standard InChI is InChI=1S/C13H16FNO3/c1-2-11(13(17)18)12(16)15-7-6-9-4-3-5-10(14)8-9/h3-5,8,11H,2,6-7H2,1H3,(H,15,16)(H,17,18). The third kappa shape index (κ3) is 4.16. The van der Waals surface area contributed by atoms with Crippen molar-refractivity contribution in [2.45, 2.75) is 19.8 Å². The Bertz CT molecular complexity index is 434. The lowest BCUT2D eigenvalue weighted by atomic mass is 10.1. The molecule has 1 aromatic carbocycles. The van der Waals surface area contributed by atoms with E-state index in [0.717, 1.165) is 5.56 Å². The summed E-state index contributed by atoms with van der Waals surface area (Å²) in [4.78, 5) is 22.2. The van der Waals surface area contributed by atoms with Gasteiger partial charge in [0.2, 0.25) is 5.91 Å². The van der Waals surface area contributed by atoms with Gasteiger partial charge in [-0.25, -0.2) is 4.39 Å². The van der Waals surface area contributed by atoms with E-state index in [0.29, 0.717) is 13.0 Å². The first-order chi connectivity index (χ1) is 8.54. The Hall–Kier alpha value is -1.91. The molecule has 0 spiro atoms. The number of carboxylic acid groups (broad SMARTS) is 1. The van der Waals surface area contributed by atoms with Gasteiger partial charge in [0.05, 0.1) is 0 Å². The molecule has 0 bridgehead atoms. The number of carboxylic acids is 1. The Kier molecular flexibility index (Phi) is 5.30. The molecular formula is C13H16FNO3. The van der Waals surface area contributed by atoms with E-state index in [2.05, 4.69) is 5.32 Å². The maximum absolute atomic E-state index is 12.9. The second kappa shape index (κ2) is 6.74. The second-order valence-electron chi connectivity index (χ2n) is 3.97. The number of nitrogens with one attached hydrogen (secondary N) is 1. The Morgan fingerprint density at radius 1 is 1.44 bits per heavy atom. The topological polar surface area (TPSA) is 66.4 Å². The first kappa shape index (κ1) is 14.2. The predicted octanol–water partition coefficient (Wildman–Crippen LogP) is 1.60. The molecule has 98 valence electrons. The van der Waals surface area contributed by atoms with Crippen LogP contribution in [0.2, 0.25) is 0 Å². The zero-order valence-corrected chi connectivity index (χ0v) is 10.1. The lowest BCUT2D eigenvalue weighted by molar-refractivity contribution is -0.147. The van der Waals surface area contributed by atoms with E-state index in [9.17, 15) is 14.0 Å². The minimum absolute atomic E-state index is 0.251. The molecule has 0 saturated heterocycles. The summed E-state index contributed by atoms with van der Waals surface area (Å²) in [5.74, 6) is -2.96. The zero-order valence-electron chi connectivity index (χ0n) is 10.1. The Morgan fingerprint density at radius 2 is 2.17 bits per heavy atom. The van der Waals surface area contributed by atoms with E-state index in [1.54, 1.807) is 19.1 Å². The van der Waals surface area contributed by atoms with Crippen LogP contribution in [0.15, 0.2) is 24.3 Å². The van der Waals surface area contributed by atoms with Crippen molar-refractivity contribution in [3.8, 4) is 0 Å². The number of benzene rings is 1. The summed E-state index contributed by atoms with van der Waals surface area (Å²) in [6.07, 6.45) is 0.723. The molecule has 0 aliphatic heterocycles. The van der Waals surface area contributed by atoms with E-state index in [4.69, 9.17) is 5.11 Å². The van der Waals surface area contributed by atoms with Gasteiger partial charge in [-0.3, -0.25) is 9.59 Å². The molecule has 5 heteroatoms. The van der Waals surface area contributed by atoms with Gasteiger partial charge in [0.1, 0.15) is 11.7 Å². The van der Waals surface area contributed by atoms with Crippen molar-refractivity contribution in [1.82, 2.24) is 5.32 Å². The minimum atomic E-state index is -1.12. The predicted molar refractivity (Wildman–Crippen MR) is 64.5 cm³/mol. The second-order valence-corrected chi connectivity index (χ2v) is 3.97. The molecule has 0 saturated carbocycles. The first-order valence-electron chi connectivity index (χ1n) is 5.79. The van der Waals surface area contributed by atoms with Crippen molar-refractivity contribution in [3.05, 3.63) is 35.6 Å². The Morgan fingerprint density at radius 3 is 2.72 bits per heavy atom. The summed E-state index contributed by atoms with van der Waals surface area (Å²) in [5, 5.41) is 11.3. The van der Waals surface area contributed by atoms with Crippen LogP contribution < -0.4 is 5.32 Å². The van der Waals surface area contributed by atoms with Crippen LogP contribution in [0.5, 0.6) is 0 Å². The molecule has 0 aromatic heterocycles. The molecular weight excluding hydrogens is 237 g/mol. The molecule has 2 N–H and O–H groups in total. The number of rotatable bonds is 6. The highest BCUT2D eigenvalue weighted by atomic mass is 19.1. The van der Waals surface area contributed by atoms with E-state index >= 15 is 0 Å². The highest BCUT2D eigenvalue weighted by Gasteiger charge is 2.23. The monoisotopic (exact) mass is 253 g/mol. The molecule has 1 amide bonds. The van der Waals surface area contributed by atoms with Gasteiger partial charge < -0.3 is 10.4 Å². The normalized spacial score (nSPS) is 11.9. The van der Waals surface area contributed by atoms with Crippen LogP contribution in [-0.4, -0.2) is 23.5 Å². The van der Waals surface area contributed by atoms with E-state index in [1.165, 1.54) is 12.1 Å². The molecule has 0 heterocycles. The van der Waals surface area contributed by atoms with Crippen molar-refractivity contribution in [3.63, 3.8) is 0 Å². The quantitative estimate of drug-likeness (QED) is 0.757. The van der Waals surface area contributed by atoms with Crippen LogP contribution >= 0.6 is 0 Å². The van der Waals surface area contributed by atoms with E-state index in [-0.39, 0.29) is 12.2 Å². The molecule has 1 aromatic rings. The summed E-state index contributed by atoms with van der Waals surface area (Å²) >= 11 is 0. The molecule has 18 heavy (non-hydrogen) atoms. The van der Waals surface area contributed by atoms with E-state index < -0.39 is 17.8 Å². The summed E-state index contributed by atoms with van der Waals surface area (Å²) in [7, 11) is 0. The van der Waals surface area contributed by atoms with Crippen molar-refractivity contribution in [2.75, 3.05) is 6.54 Å². The summed E-state index contributed by atoms with van der Waals surface area (Å²) in [5.41, 5.74) is 0.763. The third-order valence-corrected chi connectivity index (χ3v) is 2.62. The molecule has 0 aliphatic carbocycles. The van der Waals surface area contributed by atoms with Gasteiger partial charge >= 0.3 is 5.97 Å². The van der Waals surface area contributed by atoms with Crippen molar-refractivity contribution in [1.29, 1.82) is 0 Å². The van der Waals surface area contributed by atoms with Crippen LogP contribution in [0.4, 0.5) is 4.39 Å². The lowest BCUT2D eigenvalue weighted by Crippen LogP contribution is -2.36. The zero-order chi connectivity index (χ0) is 13.5. The van der Waals surface area contributed by atoms with Crippen molar-refractivity contribution < 1.29 is 19.1 Å². The maximum atomic E-state index is 12.9. The summed E-state index contributed by atoms with van der Waals surface area (Å²) in [6.45, 7) is 1.94. The fraction of sp³-hybridized carbons (Fsp3) is 0.385. The van der Waals surface area contributed by atoms with Gasteiger partial charge in [-0.2, -0.15) is 0 Å². The fourth-order valence-electron chi connectivity index (χ4n) is 1.62. The molecule has 1 unspecified atom stereocenters. The number of halogens is 1. The summed E-state index contributed by atoms with van der Waals surface area (Å²) < 4.78 is 12.9. The maximum Gasteiger partial charge on any atom is 0.316 e. The van der Waals surface area contributed by atoms with Crippen LogP contribution in [0.1, 0.15) is 18.9 Å². The Labute approximate surface area is 105 Å². The average Bonchev–Trinajstić information content (AvgIpc) is 2.29. The van der Waals surface area contributed by atoms with Gasteiger partial charge in [-0.1, -0.05) is 19.1 Å². The van der Waals surface area contributed by atoms with Gasteiger partial charge in [0.25, 0.3) is 0 Å². The number of hydrogen-bond donors (Lipinski definition) is 2. The van der Waals surface area contributed by atoms with Crippen molar-refractivity contribution >= 4 is 11.9 Å². The third-order valence-electron chi connectivity index (χ3n) is 2.62. The molecule has 1 rings (SSSR count). The Balaban J connectivity index is 2.42. The lowest BCUT2D eigenvalue weighted by Gasteiger charge is -2.10.